The van der Waals surface area contributed by atoms with Gasteiger partial charge in [-0.25, -0.2) is 0 Å². The lowest BCUT2D eigenvalue weighted by atomic mass is 9.82. The predicted molar refractivity (Wildman–Crippen MR) is 147 cm³/mol. The first-order valence-corrected chi connectivity index (χ1v) is 11.7. The Morgan fingerprint density at radius 3 is 2.11 bits per heavy atom. The van der Waals surface area contributed by atoms with E-state index in [1.54, 1.807) is 39.0 Å². The number of fused-ring (bicyclic) bond motifs is 2. The molecule has 0 bridgehead atoms. The average molecular weight is 471 g/mol. The van der Waals surface area contributed by atoms with E-state index in [1.807, 2.05) is 0 Å². The number of pyridine rings is 1. The van der Waals surface area contributed by atoms with E-state index >= 15 is 0 Å². The summed E-state index contributed by atoms with van der Waals surface area (Å²) in [6, 6.07) is 17.9. The average Bonchev–Trinajstić information content (AvgIpc) is 3.24. The first kappa shape index (κ1) is 12.2. The molecule has 176 valence electrons. The van der Waals surface area contributed by atoms with E-state index in [0.717, 1.165) is 0 Å². The van der Waals surface area contributed by atoms with Crippen LogP contribution in [0.4, 0.5) is 0 Å². The Hall–Kier alpha value is -3.19. The van der Waals surface area contributed by atoms with Crippen molar-refractivity contribution >= 4 is 0 Å². The van der Waals surface area contributed by atoms with Crippen LogP contribution >= 0.6 is 0 Å². The van der Waals surface area contributed by atoms with Gasteiger partial charge in [-0.2, -0.15) is 0 Å². The van der Waals surface area contributed by atoms with Crippen molar-refractivity contribution in [3.63, 3.8) is 0 Å². The van der Waals surface area contributed by atoms with Crippen molar-refractivity contribution < 1.29 is 17.8 Å². The Morgan fingerprint density at radius 1 is 0.829 bits per heavy atom. The van der Waals surface area contributed by atoms with Crippen LogP contribution in [0.15, 0.2) is 79.0 Å². The second-order valence-electron chi connectivity index (χ2n) is 10.1. The normalized spacial score (nSPS) is 27.9. The maximum Gasteiger partial charge on any atom is 0.0708 e. The summed E-state index contributed by atoms with van der Waals surface area (Å²) in [5.74, 6) is 0. The Kier molecular flexibility index (Phi) is 2.85. The van der Waals surface area contributed by atoms with Crippen LogP contribution in [0.5, 0.6) is 0 Å². The molecule has 0 fully saturated rings. The topological polar surface area (TPSA) is 12.9 Å². The zero-order valence-corrected chi connectivity index (χ0v) is 20.0. The van der Waals surface area contributed by atoms with Crippen LogP contribution in [-0.4, -0.2) is 4.98 Å². The molecule has 4 aromatic rings. The lowest BCUT2D eigenvalue weighted by Crippen LogP contribution is -2.21. The van der Waals surface area contributed by atoms with Crippen LogP contribution in [0.1, 0.15) is 72.0 Å². The smallest absolute Gasteiger partial charge is 0.0708 e. The van der Waals surface area contributed by atoms with Gasteiger partial charge in [-0.3, -0.25) is 4.98 Å². The molecule has 35 heavy (non-hydrogen) atoms. The van der Waals surface area contributed by atoms with E-state index in [0.29, 0.717) is 22.4 Å². The van der Waals surface area contributed by atoms with Gasteiger partial charge in [-0.15, -0.1) is 0 Å². The summed E-state index contributed by atoms with van der Waals surface area (Å²) in [7, 11) is 0. The van der Waals surface area contributed by atoms with Gasteiger partial charge in [-0.1, -0.05) is 93.1 Å². The zero-order valence-electron chi connectivity index (χ0n) is 33.0. The van der Waals surface area contributed by atoms with Crippen molar-refractivity contribution in [3.8, 4) is 22.4 Å². The highest BCUT2D eigenvalue weighted by Crippen LogP contribution is 2.48. The van der Waals surface area contributed by atoms with Gasteiger partial charge in [0.1, 0.15) is 0 Å². The van der Waals surface area contributed by atoms with Gasteiger partial charge >= 0.3 is 0 Å². The van der Waals surface area contributed by atoms with Crippen LogP contribution in [-0.2, 0) is 31.9 Å². The largest absolute Gasteiger partial charge is 0.256 e. The molecule has 6 rings (SSSR count). The van der Waals surface area contributed by atoms with Gasteiger partial charge in [-0.05, 0) is 94.6 Å². The molecule has 1 aromatic heterocycles. The van der Waals surface area contributed by atoms with Crippen LogP contribution in [0, 0.1) is 17.7 Å². The second kappa shape index (κ2) is 8.19. The number of hydrogen-bond acceptors (Lipinski definition) is 1. The third-order valence-corrected chi connectivity index (χ3v) is 6.14. The van der Waals surface area contributed by atoms with Crippen LogP contribution in [0.3, 0.4) is 0 Å². The molecule has 1 heteroatoms. The third kappa shape index (κ3) is 4.33. The lowest BCUT2D eigenvalue weighted by molar-refractivity contribution is 0.326. The van der Waals surface area contributed by atoms with E-state index in [-0.39, 0.29) is 33.4 Å². The molecular weight excluding hydrogens is 422 g/mol. The van der Waals surface area contributed by atoms with Crippen LogP contribution in [0.2, 0.25) is 0 Å². The summed E-state index contributed by atoms with van der Waals surface area (Å²) in [4.78, 5) is 4.54. The van der Waals surface area contributed by atoms with E-state index in [1.165, 1.54) is 60.8 Å². The van der Waals surface area contributed by atoms with E-state index in [9.17, 15) is 11.0 Å². The zero-order chi connectivity index (χ0) is 35.7. The van der Waals surface area contributed by atoms with Crippen molar-refractivity contribution in [2.24, 2.45) is 10.8 Å². The Bertz CT molecular complexity index is 1900. The maximum atomic E-state index is 9.45. The summed E-state index contributed by atoms with van der Waals surface area (Å²) in [6.07, 6.45) is -11.8. The van der Waals surface area contributed by atoms with Crippen molar-refractivity contribution in [2.45, 2.75) is 59.5 Å². The maximum absolute atomic E-state index is 9.45. The van der Waals surface area contributed by atoms with Crippen molar-refractivity contribution in [1.82, 2.24) is 4.98 Å². The molecule has 2 aliphatic rings. The van der Waals surface area contributed by atoms with Gasteiger partial charge in [0.2, 0.25) is 0 Å². The molecule has 1 nitrogen and oxygen atoms in total. The molecule has 0 radical (unpaired) electrons. The predicted octanol–water partition coefficient (Wildman–Crippen LogP) is 8.20. The van der Waals surface area contributed by atoms with Gasteiger partial charge in [0, 0.05) is 29.6 Å². The standard InChI is InChI=1S/C34H35N/c1-23-9-11-24(12-10-23)32-16-31(30(22-35-32)17-33(2,3)4)25-13-14-28-20-34(21-29(28)15-25)18-26-7-5-6-8-27(26)19-34/h5-16,22H,17-21H2,1-4H3/i1D3,17D2,18D2,19D2,20D2,21D2. The Morgan fingerprint density at radius 2 is 1.46 bits per heavy atom. The molecule has 0 N–H and O–H groups in total. The highest BCUT2D eigenvalue weighted by atomic mass is 14.7. The monoisotopic (exact) mass is 470 g/mol. The van der Waals surface area contributed by atoms with Crippen molar-refractivity contribution in [1.29, 1.82) is 0 Å². The summed E-state index contributed by atoms with van der Waals surface area (Å²) in [6.45, 7) is 2.90. The lowest BCUT2D eigenvalue weighted by Gasteiger charge is -2.22. The highest BCUT2D eigenvalue weighted by molar-refractivity contribution is 5.74. The van der Waals surface area contributed by atoms with Crippen molar-refractivity contribution in [2.75, 3.05) is 0 Å². The van der Waals surface area contributed by atoms with E-state index in [2.05, 4.69) is 4.98 Å². The second-order valence-corrected chi connectivity index (χ2v) is 10.1. The fourth-order valence-corrected chi connectivity index (χ4v) is 4.62. The molecule has 1 heterocycles. The Labute approximate surface area is 228 Å². The molecule has 0 unspecified atom stereocenters. The molecule has 2 aliphatic carbocycles. The third-order valence-electron chi connectivity index (χ3n) is 6.14. The van der Waals surface area contributed by atoms with Gasteiger partial charge in [0.05, 0.1) is 5.69 Å². The SMILES string of the molecule is [2H]C([2H])([2H])c1ccc(-c2cc(-c3ccc4c(c3)C([2H])([2H])C3(C([2H])([2H])c5ccccc5C3([2H])[2H])C4([2H])[2H])c(C([2H])([2H])C(C)(C)C)cn2)cc1. The Balaban J connectivity index is 1.59. The number of benzene rings is 3. The van der Waals surface area contributed by atoms with Crippen LogP contribution < -0.4 is 0 Å². The minimum atomic E-state index is -2.88. The summed E-state index contributed by atoms with van der Waals surface area (Å²) >= 11 is 0. The van der Waals surface area contributed by atoms with Gasteiger partial charge in [0.15, 0.2) is 0 Å². The highest BCUT2D eigenvalue weighted by Gasteiger charge is 2.41. The first-order chi connectivity index (χ1) is 21.9. The number of hydrogen-bond donors (Lipinski definition) is 0. The number of aromatic nitrogens is 1. The molecule has 0 amide bonds. The molecular formula is C34H35N. The van der Waals surface area contributed by atoms with E-state index < -0.39 is 49.5 Å². The fourth-order valence-electron chi connectivity index (χ4n) is 4.62. The molecule has 1 spiro atoms. The summed E-state index contributed by atoms with van der Waals surface area (Å²) in [5.41, 5.74) is -2.41. The van der Waals surface area contributed by atoms with Crippen LogP contribution in [0.25, 0.3) is 22.4 Å². The van der Waals surface area contributed by atoms with Crippen molar-refractivity contribution in [3.05, 3.63) is 112 Å². The minimum Gasteiger partial charge on any atom is -0.256 e. The molecule has 0 saturated heterocycles. The first-order valence-electron chi connectivity index (χ1n) is 18.2. The summed E-state index contributed by atoms with van der Waals surface area (Å²) < 4.78 is 116. The molecule has 3 aromatic carbocycles. The fraction of sp³-hybridized carbons (Fsp3) is 0.324. The van der Waals surface area contributed by atoms with E-state index in [4.69, 9.17) is 6.85 Å². The molecule has 0 aliphatic heterocycles. The molecule has 0 saturated carbocycles. The number of nitrogens with zero attached hydrogens (tertiary/aromatic N) is 1. The minimum absolute atomic E-state index is 0.0975. The van der Waals surface area contributed by atoms with Gasteiger partial charge < -0.3 is 0 Å². The molecule has 0 atom stereocenters. The summed E-state index contributed by atoms with van der Waals surface area (Å²) in [5, 5.41) is 0. The number of aryl methyl sites for hydroxylation is 1. The van der Waals surface area contributed by atoms with Gasteiger partial charge in [0.25, 0.3) is 0 Å². The number of rotatable bonds is 3. The quantitative estimate of drug-likeness (QED) is 0.294.